The van der Waals surface area contributed by atoms with Crippen LogP contribution in [0.15, 0.2) is 59.4 Å². The molecule has 5 aromatic rings. The van der Waals surface area contributed by atoms with Crippen LogP contribution in [0, 0.1) is 5.82 Å². The molecule has 3 aromatic heterocycles. The fourth-order valence-electron chi connectivity index (χ4n) is 3.50. The lowest BCUT2D eigenvalue weighted by Crippen LogP contribution is -2.19. The molecule has 0 atom stereocenters. The minimum Gasteiger partial charge on any atom is -0.491 e. The van der Waals surface area contributed by atoms with Gasteiger partial charge in [0.05, 0.1) is 16.7 Å². The minimum absolute atomic E-state index is 0.0806. The van der Waals surface area contributed by atoms with Gasteiger partial charge in [-0.1, -0.05) is 11.6 Å². The molecule has 0 saturated heterocycles. The molecular weight excluding hydrogens is 489 g/mol. The summed E-state index contributed by atoms with van der Waals surface area (Å²) in [5, 5.41) is 8.01. The summed E-state index contributed by atoms with van der Waals surface area (Å²) < 4.78 is 31.5. The van der Waals surface area contributed by atoms with Crippen molar-refractivity contribution >= 4 is 28.5 Å². The van der Waals surface area contributed by atoms with E-state index in [2.05, 4.69) is 20.3 Å². The predicted molar refractivity (Wildman–Crippen MR) is 132 cm³/mol. The molecule has 0 fully saturated rings. The molecule has 0 bridgehead atoms. The van der Waals surface area contributed by atoms with Crippen LogP contribution in [0.3, 0.4) is 0 Å². The number of benzene rings is 2. The summed E-state index contributed by atoms with van der Waals surface area (Å²) >= 11 is 6.56. The number of imidazole rings is 1. The summed E-state index contributed by atoms with van der Waals surface area (Å²) in [5.74, 6) is 1.36. The Bertz CT molecular complexity index is 1520. The number of nitrogens with zero attached hydrogens (tertiary/aromatic N) is 6. The van der Waals surface area contributed by atoms with Crippen molar-refractivity contribution in [2.45, 2.75) is 0 Å². The largest absolute Gasteiger partial charge is 0.491 e. The van der Waals surface area contributed by atoms with Crippen LogP contribution < -0.4 is 15.2 Å². The van der Waals surface area contributed by atoms with Gasteiger partial charge in [0.15, 0.2) is 17.3 Å². The highest BCUT2D eigenvalue weighted by atomic mass is 35.5. The number of likely N-dealkylation sites (N-methyl/N-ethyl adjacent to an activating group) is 1. The van der Waals surface area contributed by atoms with Gasteiger partial charge >= 0.3 is 0 Å². The first kappa shape index (κ1) is 23.5. The van der Waals surface area contributed by atoms with Crippen molar-refractivity contribution in [3.63, 3.8) is 0 Å². The molecule has 184 valence electrons. The zero-order valence-corrected chi connectivity index (χ0v) is 20.1. The lowest BCUT2D eigenvalue weighted by molar-refractivity contribution is 0.261. The molecule has 0 spiro atoms. The van der Waals surface area contributed by atoms with Gasteiger partial charge in [0.25, 0.3) is 0 Å². The van der Waals surface area contributed by atoms with Gasteiger partial charge in [-0.25, -0.2) is 19.0 Å². The molecule has 10 nitrogen and oxygen atoms in total. The van der Waals surface area contributed by atoms with Gasteiger partial charge in [-0.15, -0.1) is 0 Å². The molecular formula is C24H21ClFN7O3. The monoisotopic (exact) mass is 509 g/mol. The van der Waals surface area contributed by atoms with Crippen LogP contribution in [0.25, 0.3) is 28.2 Å². The molecule has 0 amide bonds. The molecule has 12 heteroatoms. The van der Waals surface area contributed by atoms with Crippen molar-refractivity contribution in [3.05, 3.63) is 65.6 Å². The third-order valence-electron chi connectivity index (χ3n) is 5.25. The first-order valence-electron chi connectivity index (χ1n) is 10.9. The SMILES string of the molecule is CN(C)CCOc1ccc(-n2c(-c3nonc3N)nc3cnc(Oc4ccc(F)cc4)cc32)cc1Cl. The maximum atomic E-state index is 13.3. The van der Waals surface area contributed by atoms with E-state index >= 15 is 0 Å². The van der Waals surface area contributed by atoms with E-state index < -0.39 is 0 Å². The fraction of sp³-hybridized carbons (Fsp3) is 0.167. The summed E-state index contributed by atoms with van der Waals surface area (Å²) in [6.07, 6.45) is 1.55. The standard InChI is InChI=1S/C24H21ClFN7O3/c1-32(2)9-10-34-20-8-5-15(11-17(20)25)33-19-12-21(35-16-6-3-14(26)4-7-16)28-13-18(19)29-24(33)22-23(27)31-36-30-22/h3-8,11-13H,9-10H2,1-2H3,(H2,27,31). The Hall–Kier alpha value is -4.22. The van der Waals surface area contributed by atoms with Crippen molar-refractivity contribution in [2.24, 2.45) is 0 Å². The van der Waals surface area contributed by atoms with Crippen molar-refractivity contribution < 1.29 is 18.5 Å². The van der Waals surface area contributed by atoms with E-state index in [4.69, 9.17) is 31.4 Å². The third-order valence-corrected chi connectivity index (χ3v) is 5.54. The zero-order chi connectivity index (χ0) is 25.2. The fourth-order valence-corrected chi connectivity index (χ4v) is 3.73. The Balaban J connectivity index is 1.58. The maximum Gasteiger partial charge on any atom is 0.221 e. The first-order chi connectivity index (χ1) is 17.4. The van der Waals surface area contributed by atoms with Crippen molar-refractivity contribution in [3.8, 4) is 34.6 Å². The van der Waals surface area contributed by atoms with E-state index in [1.54, 1.807) is 29.0 Å². The number of anilines is 1. The summed E-state index contributed by atoms with van der Waals surface area (Å²) in [5.41, 5.74) is 8.08. The van der Waals surface area contributed by atoms with Crippen LogP contribution in [0.2, 0.25) is 5.02 Å². The van der Waals surface area contributed by atoms with E-state index in [9.17, 15) is 4.39 Å². The number of hydrogen-bond acceptors (Lipinski definition) is 9. The highest BCUT2D eigenvalue weighted by molar-refractivity contribution is 6.32. The normalized spacial score (nSPS) is 11.4. The Morgan fingerprint density at radius 1 is 1.11 bits per heavy atom. The Labute approximate surface area is 210 Å². The van der Waals surface area contributed by atoms with Gasteiger partial charge in [-0.05, 0) is 66.9 Å². The van der Waals surface area contributed by atoms with Crippen molar-refractivity contribution in [1.29, 1.82) is 0 Å². The van der Waals surface area contributed by atoms with Gasteiger partial charge < -0.3 is 20.1 Å². The molecule has 3 heterocycles. The number of halogens is 2. The van der Waals surface area contributed by atoms with Crippen LogP contribution >= 0.6 is 11.6 Å². The number of nitrogens with two attached hydrogens (primary N) is 1. The molecule has 0 unspecified atom stereocenters. The lowest BCUT2D eigenvalue weighted by atomic mass is 10.2. The van der Waals surface area contributed by atoms with Crippen LogP contribution in [0.5, 0.6) is 17.4 Å². The number of aromatic nitrogens is 5. The highest BCUT2D eigenvalue weighted by Gasteiger charge is 2.22. The Kier molecular flexibility index (Phi) is 6.40. The summed E-state index contributed by atoms with van der Waals surface area (Å²) in [6.45, 7) is 1.23. The Morgan fingerprint density at radius 3 is 2.61 bits per heavy atom. The molecule has 36 heavy (non-hydrogen) atoms. The quantitative estimate of drug-likeness (QED) is 0.320. The highest BCUT2D eigenvalue weighted by Crippen LogP contribution is 2.34. The van der Waals surface area contributed by atoms with E-state index in [1.807, 2.05) is 25.1 Å². The van der Waals surface area contributed by atoms with Crippen LogP contribution in [-0.2, 0) is 0 Å². The molecule has 0 aliphatic heterocycles. The molecule has 2 aromatic carbocycles. The second kappa shape index (κ2) is 9.80. The second-order valence-electron chi connectivity index (χ2n) is 8.10. The third kappa shape index (κ3) is 4.79. The smallest absolute Gasteiger partial charge is 0.221 e. The number of nitrogen functional groups attached to an aromatic ring is 1. The van der Waals surface area contributed by atoms with Crippen LogP contribution in [0.1, 0.15) is 0 Å². The van der Waals surface area contributed by atoms with E-state index in [-0.39, 0.29) is 23.2 Å². The molecule has 2 N–H and O–H groups in total. The van der Waals surface area contributed by atoms with E-state index in [0.717, 1.165) is 6.54 Å². The lowest BCUT2D eigenvalue weighted by Gasteiger charge is -2.14. The molecule has 0 saturated carbocycles. The summed E-state index contributed by atoms with van der Waals surface area (Å²) in [4.78, 5) is 11.0. The number of pyridine rings is 1. The average molecular weight is 510 g/mol. The topological polar surface area (TPSA) is 117 Å². The molecule has 0 radical (unpaired) electrons. The minimum atomic E-state index is -0.363. The Morgan fingerprint density at radius 2 is 1.92 bits per heavy atom. The molecule has 0 aliphatic rings. The number of fused-ring (bicyclic) bond motifs is 1. The average Bonchev–Trinajstić information content (AvgIpc) is 3.44. The van der Waals surface area contributed by atoms with Gasteiger partial charge in [-0.2, -0.15) is 0 Å². The first-order valence-corrected chi connectivity index (χ1v) is 11.2. The van der Waals surface area contributed by atoms with Gasteiger partial charge in [0, 0.05) is 18.3 Å². The second-order valence-corrected chi connectivity index (χ2v) is 8.51. The zero-order valence-electron chi connectivity index (χ0n) is 19.4. The van der Waals surface area contributed by atoms with Crippen molar-refractivity contribution in [2.75, 3.05) is 33.0 Å². The van der Waals surface area contributed by atoms with Crippen molar-refractivity contribution in [1.82, 2.24) is 29.7 Å². The van der Waals surface area contributed by atoms with Crippen LogP contribution in [0.4, 0.5) is 10.2 Å². The summed E-state index contributed by atoms with van der Waals surface area (Å²) in [7, 11) is 3.93. The van der Waals surface area contributed by atoms with E-state index in [1.165, 1.54) is 24.3 Å². The summed E-state index contributed by atoms with van der Waals surface area (Å²) in [6, 6.07) is 12.7. The molecule has 0 aliphatic carbocycles. The number of hydrogen-bond donors (Lipinski definition) is 1. The number of rotatable bonds is 8. The van der Waals surface area contributed by atoms with Gasteiger partial charge in [0.2, 0.25) is 5.88 Å². The van der Waals surface area contributed by atoms with Gasteiger partial charge in [-0.3, -0.25) is 4.57 Å². The predicted octanol–water partition coefficient (Wildman–Crippen LogP) is 4.58. The van der Waals surface area contributed by atoms with Crippen LogP contribution in [-0.4, -0.2) is 57.0 Å². The maximum absolute atomic E-state index is 13.3. The van der Waals surface area contributed by atoms with Gasteiger partial charge in [0.1, 0.15) is 29.4 Å². The number of ether oxygens (including phenoxy) is 2. The molecule has 5 rings (SSSR count). The van der Waals surface area contributed by atoms with E-state index in [0.29, 0.717) is 45.7 Å².